The average Bonchev–Trinajstić information content (AvgIpc) is 2.43. The standard InChI is InChI=1S/C14H15F3N2O2/c1-3-19(9-13(20)21-4-2)11-5-6-12(14(15,16)17)10(7-11)8-18/h5-7H,3-4,9H2,1-2H3. The predicted molar refractivity (Wildman–Crippen MR) is 70.7 cm³/mol. The Morgan fingerprint density at radius 1 is 1.38 bits per heavy atom. The van der Waals surface area contributed by atoms with E-state index in [9.17, 15) is 18.0 Å². The van der Waals surface area contributed by atoms with Gasteiger partial charge in [-0.2, -0.15) is 18.4 Å². The molecule has 114 valence electrons. The van der Waals surface area contributed by atoms with E-state index in [2.05, 4.69) is 0 Å². The maximum absolute atomic E-state index is 12.7. The minimum atomic E-state index is -4.58. The molecule has 0 unspecified atom stereocenters. The topological polar surface area (TPSA) is 53.3 Å². The van der Waals surface area contributed by atoms with Crippen molar-refractivity contribution in [1.82, 2.24) is 0 Å². The number of esters is 1. The van der Waals surface area contributed by atoms with Gasteiger partial charge in [-0.15, -0.1) is 0 Å². The zero-order valence-electron chi connectivity index (χ0n) is 11.7. The van der Waals surface area contributed by atoms with Crippen molar-refractivity contribution in [3.05, 3.63) is 29.3 Å². The number of likely N-dealkylation sites (N-methyl/N-ethyl adjacent to an activating group) is 1. The number of carbonyl (C=O) groups is 1. The molecule has 0 atom stereocenters. The molecule has 0 saturated heterocycles. The Hall–Kier alpha value is -2.23. The Balaban J connectivity index is 3.08. The molecule has 1 aromatic carbocycles. The fourth-order valence-electron chi connectivity index (χ4n) is 1.82. The van der Waals surface area contributed by atoms with E-state index < -0.39 is 23.3 Å². The van der Waals surface area contributed by atoms with Gasteiger partial charge in [0.2, 0.25) is 0 Å². The van der Waals surface area contributed by atoms with Crippen molar-refractivity contribution in [3.8, 4) is 6.07 Å². The van der Waals surface area contributed by atoms with Gasteiger partial charge in [-0.25, -0.2) is 0 Å². The zero-order valence-corrected chi connectivity index (χ0v) is 11.7. The van der Waals surface area contributed by atoms with Crippen molar-refractivity contribution in [2.45, 2.75) is 20.0 Å². The third-order valence-corrected chi connectivity index (χ3v) is 2.80. The molecule has 4 nitrogen and oxygen atoms in total. The number of carbonyl (C=O) groups excluding carboxylic acids is 1. The molecular weight excluding hydrogens is 285 g/mol. The molecule has 7 heteroatoms. The number of hydrogen-bond donors (Lipinski definition) is 0. The highest BCUT2D eigenvalue weighted by Crippen LogP contribution is 2.33. The second kappa shape index (κ2) is 6.97. The Morgan fingerprint density at radius 2 is 2.05 bits per heavy atom. The summed E-state index contributed by atoms with van der Waals surface area (Å²) >= 11 is 0. The van der Waals surface area contributed by atoms with Crippen LogP contribution in [-0.2, 0) is 15.7 Å². The number of benzene rings is 1. The summed E-state index contributed by atoms with van der Waals surface area (Å²) < 4.78 is 43.0. The van der Waals surface area contributed by atoms with Crippen molar-refractivity contribution < 1.29 is 22.7 Å². The number of rotatable bonds is 5. The molecule has 0 aromatic heterocycles. The number of nitriles is 1. The van der Waals surface area contributed by atoms with E-state index in [4.69, 9.17) is 10.00 Å². The van der Waals surface area contributed by atoms with Crippen LogP contribution in [-0.4, -0.2) is 25.7 Å². The van der Waals surface area contributed by atoms with Crippen LogP contribution in [0.5, 0.6) is 0 Å². The average molecular weight is 300 g/mol. The van der Waals surface area contributed by atoms with Gasteiger partial charge in [0.1, 0.15) is 6.54 Å². The van der Waals surface area contributed by atoms with Gasteiger partial charge in [-0.1, -0.05) is 0 Å². The highest BCUT2D eigenvalue weighted by atomic mass is 19.4. The number of halogens is 3. The van der Waals surface area contributed by atoms with Crippen molar-refractivity contribution >= 4 is 11.7 Å². The van der Waals surface area contributed by atoms with Crippen LogP contribution in [0.15, 0.2) is 18.2 Å². The third-order valence-electron chi connectivity index (χ3n) is 2.80. The van der Waals surface area contributed by atoms with Crippen LogP contribution < -0.4 is 4.90 Å². The molecule has 0 fully saturated rings. The summed E-state index contributed by atoms with van der Waals surface area (Å²) in [5, 5.41) is 8.87. The zero-order chi connectivity index (χ0) is 16.0. The first-order valence-electron chi connectivity index (χ1n) is 6.35. The molecular formula is C14H15F3N2O2. The van der Waals surface area contributed by atoms with E-state index in [1.165, 1.54) is 12.1 Å². The molecule has 0 amide bonds. The maximum Gasteiger partial charge on any atom is 0.417 e. The first kappa shape index (κ1) is 16.8. The minimum absolute atomic E-state index is 0.0828. The Kier molecular flexibility index (Phi) is 5.59. The van der Waals surface area contributed by atoms with Crippen LogP contribution in [0.2, 0.25) is 0 Å². The number of hydrogen-bond acceptors (Lipinski definition) is 4. The van der Waals surface area contributed by atoms with Crippen LogP contribution in [0.1, 0.15) is 25.0 Å². The van der Waals surface area contributed by atoms with Crippen LogP contribution in [0.25, 0.3) is 0 Å². The number of alkyl halides is 3. The molecule has 1 rings (SSSR count). The van der Waals surface area contributed by atoms with E-state index >= 15 is 0 Å². The van der Waals surface area contributed by atoms with Gasteiger partial charge in [0.15, 0.2) is 0 Å². The summed E-state index contributed by atoms with van der Waals surface area (Å²) in [6, 6.07) is 4.76. The number of anilines is 1. The molecule has 0 spiro atoms. The van der Waals surface area contributed by atoms with E-state index in [-0.39, 0.29) is 13.2 Å². The van der Waals surface area contributed by atoms with E-state index in [0.717, 1.165) is 12.1 Å². The summed E-state index contributed by atoms with van der Waals surface area (Å²) in [5.41, 5.74) is -1.08. The molecule has 0 aliphatic carbocycles. The van der Waals surface area contributed by atoms with Crippen molar-refractivity contribution in [2.24, 2.45) is 0 Å². The Morgan fingerprint density at radius 3 is 2.52 bits per heavy atom. The third kappa shape index (κ3) is 4.38. The predicted octanol–water partition coefficient (Wildman–Crippen LogP) is 2.97. The highest BCUT2D eigenvalue weighted by Gasteiger charge is 2.33. The minimum Gasteiger partial charge on any atom is -0.465 e. The molecule has 0 bridgehead atoms. The lowest BCUT2D eigenvalue weighted by atomic mass is 10.1. The van der Waals surface area contributed by atoms with Gasteiger partial charge in [-0.3, -0.25) is 4.79 Å². The van der Waals surface area contributed by atoms with Crippen LogP contribution in [0, 0.1) is 11.3 Å². The fraction of sp³-hybridized carbons (Fsp3) is 0.429. The van der Waals surface area contributed by atoms with Gasteiger partial charge in [0, 0.05) is 12.2 Å². The molecule has 0 aliphatic rings. The second-order valence-corrected chi connectivity index (χ2v) is 4.16. The first-order chi connectivity index (χ1) is 9.83. The molecule has 0 N–H and O–H groups in total. The quantitative estimate of drug-likeness (QED) is 0.785. The van der Waals surface area contributed by atoms with Crippen molar-refractivity contribution in [3.63, 3.8) is 0 Å². The summed E-state index contributed by atoms with van der Waals surface area (Å²) in [6.07, 6.45) is -4.58. The molecule has 21 heavy (non-hydrogen) atoms. The van der Waals surface area contributed by atoms with Gasteiger partial charge >= 0.3 is 12.1 Å². The van der Waals surface area contributed by atoms with E-state index in [0.29, 0.717) is 12.2 Å². The van der Waals surface area contributed by atoms with Gasteiger partial charge in [0.05, 0.1) is 23.8 Å². The largest absolute Gasteiger partial charge is 0.465 e. The molecule has 1 aromatic rings. The van der Waals surface area contributed by atoms with E-state index in [1.807, 2.05) is 0 Å². The van der Waals surface area contributed by atoms with Crippen molar-refractivity contribution in [1.29, 1.82) is 5.26 Å². The highest BCUT2D eigenvalue weighted by molar-refractivity contribution is 5.76. The lowest BCUT2D eigenvalue weighted by Crippen LogP contribution is -2.31. The smallest absolute Gasteiger partial charge is 0.417 e. The first-order valence-corrected chi connectivity index (χ1v) is 6.35. The molecule has 0 heterocycles. The van der Waals surface area contributed by atoms with Crippen LogP contribution in [0.4, 0.5) is 18.9 Å². The summed E-state index contributed by atoms with van der Waals surface area (Å²) in [6.45, 7) is 3.96. The van der Waals surface area contributed by atoms with Gasteiger partial charge in [-0.05, 0) is 32.0 Å². The van der Waals surface area contributed by atoms with Crippen molar-refractivity contribution in [2.75, 3.05) is 24.6 Å². The van der Waals surface area contributed by atoms with Gasteiger partial charge < -0.3 is 9.64 Å². The molecule has 0 saturated carbocycles. The molecule has 0 aliphatic heterocycles. The summed E-state index contributed by atoms with van der Waals surface area (Å²) in [7, 11) is 0. The number of nitrogens with zero attached hydrogens (tertiary/aromatic N) is 2. The Labute approximate surface area is 120 Å². The van der Waals surface area contributed by atoms with Gasteiger partial charge in [0.25, 0.3) is 0 Å². The lowest BCUT2D eigenvalue weighted by Gasteiger charge is -2.23. The Bertz CT molecular complexity index is 550. The fourth-order valence-corrected chi connectivity index (χ4v) is 1.82. The summed E-state index contributed by atoms with van der Waals surface area (Å²) in [4.78, 5) is 13.0. The number of ether oxygens (including phenoxy) is 1. The van der Waals surface area contributed by atoms with Crippen LogP contribution >= 0.6 is 0 Å². The van der Waals surface area contributed by atoms with Crippen LogP contribution in [0.3, 0.4) is 0 Å². The summed E-state index contributed by atoms with van der Waals surface area (Å²) in [5.74, 6) is -0.474. The lowest BCUT2D eigenvalue weighted by molar-refractivity contribution is -0.141. The SMILES string of the molecule is CCOC(=O)CN(CC)c1ccc(C(F)(F)F)c(C#N)c1. The molecule has 0 radical (unpaired) electrons. The second-order valence-electron chi connectivity index (χ2n) is 4.16. The normalized spacial score (nSPS) is 10.9. The maximum atomic E-state index is 12.7. The van der Waals surface area contributed by atoms with E-state index in [1.54, 1.807) is 18.7 Å². The monoisotopic (exact) mass is 300 g/mol.